The van der Waals surface area contributed by atoms with Crippen molar-refractivity contribution in [3.63, 3.8) is 0 Å². The van der Waals surface area contributed by atoms with Crippen LogP contribution in [0.2, 0.25) is 10.0 Å². The topological polar surface area (TPSA) is 119 Å². The first-order valence-corrected chi connectivity index (χ1v) is 10.0. The minimum Gasteiger partial charge on any atom is -0.326 e. The number of amides is 2. The lowest BCUT2D eigenvalue weighted by Crippen LogP contribution is -2.31. The average Bonchev–Trinajstić information content (AvgIpc) is 3.09. The van der Waals surface area contributed by atoms with E-state index < -0.39 is 5.91 Å². The van der Waals surface area contributed by atoms with Gasteiger partial charge in [-0.3, -0.25) is 14.2 Å². The highest BCUT2D eigenvalue weighted by Gasteiger charge is 2.21. The Labute approximate surface area is 189 Å². The third kappa shape index (κ3) is 4.38. The quantitative estimate of drug-likeness (QED) is 0.144. The van der Waals surface area contributed by atoms with Crippen LogP contribution >= 0.6 is 45.8 Å². The SMILES string of the molecule is NCc1cc(Cl)cc(N(N)C=O)c1NC(=O)c1ccc(I)n1-c1ncccc1Cl. The minimum absolute atomic E-state index is 0.0699. The van der Waals surface area contributed by atoms with E-state index in [0.717, 1.165) is 8.71 Å². The zero-order valence-corrected chi connectivity index (χ0v) is 18.4. The molecule has 3 aromatic rings. The first-order chi connectivity index (χ1) is 13.9. The van der Waals surface area contributed by atoms with E-state index in [1.807, 2.05) is 0 Å². The molecule has 11 heteroatoms. The van der Waals surface area contributed by atoms with Crippen LogP contribution in [-0.2, 0) is 11.3 Å². The third-order valence-corrected chi connectivity index (χ3v) is 5.39. The summed E-state index contributed by atoms with van der Waals surface area (Å²) in [6, 6.07) is 9.83. The molecule has 0 unspecified atom stereocenters. The number of nitrogens with two attached hydrogens (primary N) is 2. The molecule has 0 bridgehead atoms. The maximum atomic E-state index is 13.1. The molecule has 2 aromatic heterocycles. The van der Waals surface area contributed by atoms with E-state index in [4.69, 9.17) is 34.8 Å². The summed E-state index contributed by atoms with van der Waals surface area (Å²) in [5.41, 5.74) is 7.10. The number of benzene rings is 1. The monoisotopic (exact) mass is 544 g/mol. The fraction of sp³-hybridized carbons (Fsp3) is 0.0556. The standard InChI is InChI=1S/C18H15Cl2IN6O2/c19-11-6-10(8-22)16(14(7-11)26(23)9-28)25-18(29)13-3-4-15(21)27(13)17-12(20)2-1-5-24-17/h1-7,9H,8,22-23H2,(H,25,29). The van der Waals surface area contributed by atoms with E-state index in [1.165, 1.54) is 6.07 Å². The van der Waals surface area contributed by atoms with Gasteiger partial charge in [0.05, 0.1) is 20.1 Å². The van der Waals surface area contributed by atoms with Crippen LogP contribution in [0.15, 0.2) is 42.6 Å². The molecule has 0 saturated carbocycles. The molecule has 0 atom stereocenters. The third-order valence-electron chi connectivity index (χ3n) is 4.03. The Balaban J connectivity index is 2.07. The lowest BCUT2D eigenvalue weighted by molar-refractivity contribution is -0.107. The number of nitrogens with one attached hydrogen (secondary N) is 1. The van der Waals surface area contributed by atoms with Crippen molar-refractivity contribution >= 4 is 69.5 Å². The van der Waals surface area contributed by atoms with Crippen LogP contribution in [0.25, 0.3) is 5.82 Å². The van der Waals surface area contributed by atoms with Gasteiger partial charge in [-0.1, -0.05) is 23.2 Å². The number of pyridine rings is 1. The predicted octanol–water partition coefficient (Wildman–Crippen LogP) is 3.33. The van der Waals surface area contributed by atoms with Crippen LogP contribution in [0.1, 0.15) is 16.1 Å². The molecule has 1 aromatic carbocycles. The van der Waals surface area contributed by atoms with Gasteiger partial charge in [0.15, 0.2) is 5.82 Å². The summed E-state index contributed by atoms with van der Waals surface area (Å²) in [5, 5.41) is 4.31. The number of rotatable bonds is 6. The van der Waals surface area contributed by atoms with Crippen LogP contribution in [0.4, 0.5) is 11.4 Å². The maximum absolute atomic E-state index is 13.1. The molecule has 8 nitrogen and oxygen atoms in total. The normalized spacial score (nSPS) is 10.7. The maximum Gasteiger partial charge on any atom is 0.272 e. The van der Waals surface area contributed by atoms with Gasteiger partial charge in [-0.15, -0.1) is 0 Å². The van der Waals surface area contributed by atoms with Crippen molar-refractivity contribution < 1.29 is 9.59 Å². The number of anilines is 2. The lowest BCUT2D eigenvalue weighted by Gasteiger charge is -2.20. The number of aromatic nitrogens is 2. The van der Waals surface area contributed by atoms with E-state index in [0.29, 0.717) is 27.8 Å². The van der Waals surface area contributed by atoms with Crippen molar-refractivity contribution in [2.24, 2.45) is 11.6 Å². The Morgan fingerprint density at radius 2 is 2.07 bits per heavy atom. The van der Waals surface area contributed by atoms with Gasteiger partial charge in [0, 0.05) is 17.8 Å². The van der Waals surface area contributed by atoms with E-state index in [-0.39, 0.29) is 23.6 Å². The lowest BCUT2D eigenvalue weighted by atomic mass is 10.1. The number of halogens is 3. The largest absolute Gasteiger partial charge is 0.326 e. The summed E-state index contributed by atoms with van der Waals surface area (Å²) in [4.78, 5) is 28.6. The fourth-order valence-corrected chi connectivity index (χ4v) is 3.85. The van der Waals surface area contributed by atoms with Gasteiger partial charge in [0.1, 0.15) is 5.69 Å². The highest BCUT2D eigenvalue weighted by atomic mass is 127. The molecule has 0 radical (unpaired) electrons. The number of carbonyl (C=O) groups is 2. The molecule has 3 rings (SSSR count). The second-order valence-electron chi connectivity index (χ2n) is 5.82. The molecule has 0 spiro atoms. The van der Waals surface area contributed by atoms with Crippen LogP contribution in [0.3, 0.4) is 0 Å². The second-order valence-corrected chi connectivity index (χ2v) is 7.76. The smallest absolute Gasteiger partial charge is 0.272 e. The van der Waals surface area contributed by atoms with E-state index in [9.17, 15) is 9.59 Å². The molecule has 0 fully saturated rings. The molecule has 0 saturated heterocycles. The Morgan fingerprint density at radius 1 is 1.31 bits per heavy atom. The van der Waals surface area contributed by atoms with Gasteiger partial charge in [0.25, 0.3) is 5.91 Å². The van der Waals surface area contributed by atoms with Gasteiger partial charge >= 0.3 is 0 Å². The number of hydrogen-bond donors (Lipinski definition) is 3. The zero-order chi connectivity index (χ0) is 21.1. The Bertz CT molecular complexity index is 1090. The number of hydrazine groups is 1. The van der Waals surface area contributed by atoms with Gasteiger partial charge in [-0.05, 0) is 64.6 Å². The molecule has 0 aliphatic rings. The molecular formula is C18H15Cl2IN6O2. The summed E-state index contributed by atoms with van der Waals surface area (Å²) >= 11 is 14.4. The molecule has 2 amide bonds. The second kappa shape index (κ2) is 9.09. The highest BCUT2D eigenvalue weighted by molar-refractivity contribution is 14.1. The Morgan fingerprint density at radius 3 is 2.72 bits per heavy atom. The van der Waals surface area contributed by atoms with Crippen molar-refractivity contribution in [2.45, 2.75) is 6.54 Å². The first kappa shape index (κ1) is 21.5. The number of carbonyl (C=O) groups excluding carboxylic acids is 2. The van der Waals surface area contributed by atoms with E-state index in [2.05, 4.69) is 32.9 Å². The van der Waals surface area contributed by atoms with E-state index >= 15 is 0 Å². The minimum atomic E-state index is -0.466. The molecule has 150 valence electrons. The molecular weight excluding hydrogens is 530 g/mol. The Hall–Kier alpha value is -2.18. The van der Waals surface area contributed by atoms with Crippen LogP contribution < -0.4 is 21.9 Å². The summed E-state index contributed by atoms with van der Waals surface area (Å²) < 4.78 is 2.35. The number of nitrogens with zero attached hydrogens (tertiary/aromatic N) is 3. The van der Waals surface area contributed by atoms with Crippen LogP contribution in [0.5, 0.6) is 0 Å². The van der Waals surface area contributed by atoms with Crippen molar-refractivity contribution in [1.82, 2.24) is 9.55 Å². The zero-order valence-electron chi connectivity index (χ0n) is 14.8. The molecule has 2 heterocycles. The predicted molar refractivity (Wildman–Crippen MR) is 121 cm³/mol. The van der Waals surface area contributed by atoms with Crippen molar-refractivity contribution in [1.29, 1.82) is 0 Å². The fourth-order valence-electron chi connectivity index (χ4n) is 2.74. The first-order valence-electron chi connectivity index (χ1n) is 8.18. The summed E-state index contributed by atoms with van der Waals surface area (Å²) in [6.45, 7) is 0.0699. The van der Waals surface area contributed by atoms with Crippen molar-refractivity contribution in [3.05, 3.63) is 67.6 Å². The van der Waals surface area contributed by atoms with Gasteiger partial charge < -0.3 is 11.1 Å². The number of hydrogen-bond acceptors (Lipinski definition) is 5. The van der Waals surface area contributed by atoms with Gasteiger partial charge in [0.2, 0.25) is 6.41 Å². The average molecular weight is 545 g/mol. The highest BCUT2D eigenvalue weighted by Crippen LogP contribution is 2.33. The summed E-state index contributed by atoms with van der Waals surface area (Å²) in [6.07, 6.45) is 1.99. The van der Waals surface area contributed by atoms with Gasteiger partial charge in [-0.25, -0.2) is 15.8 Å². The van der Waals surface area contributed by atoms with Crippen molar-refractivity contribution in [3.8, 4) is 5.82 Å². The molecule has 29 heavy (non-hydrogen) atoms. The summed E-state index contributed by atoms with van der Waals surface area (Å²) in [5.74, 6) is 5.68. The molecule has 5 N–H and O–H groups in total. The van der Waals surface area contributed by atoms with E-state index in [1.54, 1.807) is 41.1 Å². The Kier molecular flexibility index (Phi) is 6.75. The summed E-state index contributed by atoms with van der Waals surface area (Å²) in [7, 11) is 0. The van der Waals surface area contributed by atoms with Crippen LogP contribution in [0, 0.1) is 3.70 Å². The van der Waals surface area contributed by atoms with Crippen molar-refractivity contribution in [2.75, 3.05) is 10.3 Å². The molecule has 0 aliphatic carbocycles. The molecule has 0 aliphatic heterocycles. The van der Waals surface area contributed by atoms with Crippen LogP contribution in [-0.4, -0.2) is 21.9 Å². The van der Waals surface area contributed by atoms with Gasteiger partial charge in [-0.2, -0.15) is 0 Å².